The normalized spacial score (nSPS) is 23.1. The summed E-state index contributed by atoms with van der Waals surface area (Å²) in [4.78, 5) is 0. The van der Waals surface area contributed by atoms with E-state index in [2.05, 4.69) is 52.1 Å². The van der Waals surface area contributed by atoms with Crippen molar-refractivity contribution in [2.24, 2.45) is 0 Å². The van der Waals surface area contributed by atoms with E-state index in [1.807, 2.05) is 0 Å². The summed E-state index contributed by atoms with van der Waals surface area (Å²) in [5.41, 5.74) is 5.83. The number of aryl methyl sites for hydroxylation is 2. The quantitative estimate of drug-likeness (QED) is 0.672. The lowest BCUT2D eigenvalue weighted by atomic mass is 9.81. The third-order valence-electron chi connectivity index (χ3n) is 3.49. The second kappa shape index (κ2) is 3.26. The van der Waals surface area contributed by atoms with Gasteiger partial charge in [-0.05, 0) is 62.8 Å². The predicted molar refractivity (Wildman–Crippen MR) is 66.6 cm³/mol. The third kappa shape index (κ3) is 1.88. The maximum atomic E-state index is 3.63. The van der Waals surface area contributed by atoms with Gasteiger partial charge >= 0.3 is 0 Å². The van der Waals surface area contributed by atoms with Gasteiger partial charge in [0.15, 0.2) is 0 Å². The summed E-state index contributed by atoms with van der Waals surface area (Å²) in [6.07, 6.45) is 1.21. The average molecular weight is 203 g/mol. The number of hydrogen-bond acceptors (Lipinski definition) is 1. The Balaban J connectivity index is 2.51. The van der Waals surface area contributed by atoms with E-state index in [1.54, 1.807) is 0 Å². The molecule has 82 valence electrons. The second-order valence-corrected chi connectivity index (χ2v) is 5.64. The van der Waals surface area contributed by atoms with Gasteiger partial charge < -0.3 is 5.32 Å². The van der Waals surface area contributed by atoms with Gasteiger partial charge in [0.05, 0.1) is 0 Å². The van der Waals surface area contributed by atoms with E-state index in [1.165, 1.54) is 28.8 Å². The minimum Gasteiger partial charge on any atom is -0.380 e. The van der Waals surface area contributed by atoms with E-state index in [-0.39, 0.29) is 5.54 Å². The van der Waals surface area contributed by atoms with E-state index < -0.39 is 0 Å². The zero-order chi connectivity index (χ0) is 11.2. The van der Waals surface area contributed by atoms with Crippen LogP contribution in [0.1, 0.15) is 49.8 Å². The molecular weight excluding hydrogens is 182 g/mol. The second-order valence-electron chi connectivity index (χ2n) is 5.64. The molecule has 1 nitrogen and oxygen atoms in total. The van der Waals surface area contributed by atoms with Crippen LogP contribution in [0.25, 0.3) is 0 Å². The van der Waals surface area contributed by atoms with Crippen LogP contribution in [-0.2, 0) is 0 Å². The molecule has 15 heavy (non-hydrogen) atoms. The summed E-state index contributed by atoms with van der Waals surface area (Å²) >= 11 is 0. The molecular formula is C14H21N. The Kier molecular flexibility index (Phi) is 2.29. The predicted octanol–water partition coefficient (Wildman–Crippen LogP) is 4.00. The highest BCUT2D eigenvalue weighted by Gasteiger charge is 2.29. The molecule has 0 fully saturated rings. The van der Waals surface area contributed by atoms with Crippen molar-refractivity contribution in [2.45, 2.75) is 52.5 Å². The van der Waals surface area contributed by atoms with Crippen LogP contribution in [0, 0.1) is 13.8 Å². The van der Waals surface area contributed by atoms with Crippen molar-refractivity contribution in [1.29, 1.82) is 0 Å². The Morgan fingerprint density at radius 2 is 1.80 bits per heavy atom. The Bertz CT molecular complexity index is 391. The molecule has 0 aromatic heterocycles. The number of nitrogens with one attached hydrogen (secondary N) is 1. The van der Waals surface area contributed by atoms with Gasteiger partial charge in [-0.1, -0.05) is 13.0 Å². The maximum Gasteiger partial charge on any atom is 0.0382 e. The summed E-state index contributed by atoms with van der Waals surface area (Å²) in [6.45, 7) is 11.3. The van der Waals surface area contributed by atoms with Crippen molar-refractivity contribution >= 4 is 5.69 Å². The molecule has 0 saturated heterocycles. The first-order chi connectivity index (χ1) is 6.89. The lowest BCUT2D eigenvalue weighted by Gasteiger charge is -2.38. The first-order valence-corrected chi connectivity index (χ1v) is 5.78. The van der Waals surface area contributed by atoms with Crippen LogP contribution in [0.4, 0.5) is 5.69 Å². The molecule has 2 rings (SSSR count). The third-order valence-corrected chi connectivity index (χ3v) is 3.49. The molecule has 0 aliphatic carbocycles. The summed E-state index contributed by atoms with van der Waals surface area (Å²) in [7, 11) is 0. The maximum absolute atomic E-state index is 3.63. The van der Waals surface area contributed by atoms with Crippen LogP contribution in [0.3, 0.4) is 0 Å². The van der Waals surface area contributed by atoms with Crippen LogP contribution in [-0.4, -0.2) is 5.54 Å². The van der Waals surface area contributed by atoms with Crippen LogP contribution >= 0.6 is 0 Å². The van der Waals surface area contributed by atoms with Gasteiger partial charge in [0, 0.05) is 11.2 Å². The van der Waals surface area contributed by atoms with Gasteiger partial charge in [0.25, 0.3) is 0 Å². The molecule has 0 amide bonds. The fourth-order valence-electron chi connectivity index (χ4n) is 2.65. The van der Waals surface area contributed by atoms with Crippen molar-refractivity contribution in [2.75, 3.05) is 5.32 Å². The number of hydrogen-bond donors (Lipinski definition) is 1. The van der Waals surface area contributed by atoms with Crippen molar-refractivity contribution in [3.05, 3.63) is 28.8 Å². The minimum absolute atomic E-state index is 0.230. The highest BCUT2D eigenvalue weighted by atomic mass is 15.0. The van der Waals surface area contributed by atoms with Crippen molar-refractivity contribution in [3.63, 3.8) is 0 Å². The number of benzene rings is 1. The Morgan fingerprint density at radius 1 is 1.20 bits per heavy atom. The molecule has 1 atom stereocenters. The fraction of sp³-hybridized carbons (Fsp3) is 0.571. The zero-order valence-corrected chi connectivity index (χ0v) is 10.4. The highest BCUT2D eigenvalue weighted by Crippen LogP contribution is 2.39. The standard InChI is InChI=1S/C14H21N/c1-9-6-12-11(3)8-14(4,5)15-13(12)7-10(9)2/h6-7,11,15H,8H2,1-5H3/t11-/m1/s1. The smallest absolute Gasteiger partial charge is 0.0382 e. The van der Waals surface area contributed by atoms with Gasteiger partial charge in [0.1, 0.15) is 0 Å². The Morgan fingerprint density at radius 3 is 2.47 bits per heavy atom. The van der Waals surface area contributed by atoms with E-state index in [9.17, 15) is 0 Å². The number of fused-ring (bicyclic) bond motifs is 1. The molecule has 0 saturated carbocycles. The lowest BCUT2D eigenvalue weighted by Crippen LogP contribution is -2.36. The fourth-order valence-corrected chi connectivity index (χ4v) is 2.65. The SMILES string of the molecule is Cc1cc2c(cc1C)[C@H](C)CC(C)(C)N2. The van der Waals surface area contributed by atoms with E-state index in [4.69, 9.17) is 0 Å². The molecule has 0 spiro atoms. The number of anilines is 1. The Labute approximate surface area is 92.9 Å². The molecule has 0 unspecified atom stereocenters. The van der Waals surface area contributed by atoms with Gasteiger partial charge in [-0.3, -0.25) is 0 Å². The van der Waals surface area contributed by atoms with Crippen LogP contribution in [0.5, 0.6) is 0 Å². The molecule has 1 N–H and O–H groups in total. The van der Waals surface area contributed by atoms with Gasteiger partial charge in [-0.2, -0.15) is 0 Å². The monoisotopic (exact) mass is 203 g/mol. The largest absolute Gasteiger partial charge is 0.380 e. The molecule has 0 bridgehead atoms. The van der Waals surface area contributed by atoms with Crippen LogP contribution in [0.15, 0.2) is 12.1 Å². The summed E-state index contributed by atoms with van der Waals surface area (Å²) in [5.74, 6) is 0.663. The Hall–Kier alpha value is -0.980. The topological polar surface area (TPSA) is 12.0 Å². The molecule has 0 radical (unpaired) electrons. The van der Waals surface area contributed by atoms with E-state index in [0.717, 1.165) is 0 Å². The van der Waals surface area contributed by atoms with Crippen molar-refractivity contribution < 1.29 is 0 Å². The van der Waals surface area contributed by atoms with Crippen molar-refractivity contribution in [1.82, 2.24) is 0 Å². The zero-order valence-electron chi connectivity index (χ0n) is 10.4. The van der Waals surface area contributed by atoms with Gasteiger partial charge in [-0.15, -0.1) is 0 Å². The van der Waals surface area contributed by atoms with Gasteiger partial charge in [-0.25, -0.2) is 0 Å². The molecule has 1 aromatic carbocycles. The molecule has 1 heterocycles. The summed E-state index contributed by atoms with van der Waals surface area (Å²) in [5, 5.41) is 3.63. The highest BCUT2D eigenvalue weighted by molar-refractivity contribution is 5.60. The van der Waals surface area contributed by atoms with E-state index in [0.29, 0.717) is 5.92 Å². The number of rotatable bonds is 0. The first kappa shape index (κ1) is 10.5. The van der Waals surface area contributed by atoms with E-state index >= 15 is 0 Å². The molecule has 1 aromatic rings. The molecule has 1 aliphatic rings. The summed E-state index contributed by atoms with van der Waals surface area (Å²) < 4.78 is 0. The summed E-state index contributed by atoms with van der Waals surface area (Å²) in [6, 6.07) is 4.64. The molecule has 1 aliphatic heterocycles. The van der Waals surface area contributed by atoms with Gasteiger partial charge in [0.2, 0.25) is 0 Å². The minimum atomic E-state index is 0.230. The lowest BCUT2D eigenvalue weighted by molar-refractivity contribution is 0.454. The van der Waals surface area contributed by atoms with Crippen LogP contribution in [0.2, 0.25) is 0 Å². The molecule has 1 heteroatoms. The van der Waals surface area contributed by atoms with Crippen LogP contribution < -0.4 is 5.32 Å². The van der Waals surface area contributed by atoms with Crippen molar-refractivity contribution in [3.8, 4) is 0 Å². The average Bonchev–Trinajstić information content (AvgIpc) is 2.07. The first-order valence-electron chi connectivity index (χ1n) is 5.78.